The van der Waals surface area contributed by atoms with Crippen molar-refractivity contribution < 1.29 is 32.6 Å². The summed E-state index contributed by atoms with van der Waals surface area (Å²) < 4.78 is 47.6. The average molecular weight is 647 g/mol. The molecule has 242 valence electrons. The number of alkyl halides is 3. The van der Waals surface area contributed by atoms with E-state index in [4.69, 9.17) is 4.74 Å². The van der Waals surface area contributed by atoms with Gasteiger partial charge in [-0.05, 0) is 63.8 Å². The van der Waals surface area contributed by atoms with E-state index in [1.807, 2.05) is 11.8 Å². The number of hydrogen-bond acceptors (Lipinski definition) is 9. The number of rotatable bonds is 10. The number of ether oxygens (including phenoxy) is 1. The van der Waals surface area contributed by atoms with E-state index < -0.39 is 23.6 Å². The lowest BCUT2D eigenvalue weighted by molar-refractivity contribution is -0.142. The highest BCUT2D eigenvalue weighted by molar-refractivity contribution is 7.16. The fourth-order valence-corrected chi connectivity index (χ4v) is 6.67. The molecule has 3 aromatic rings. The maximum absolute atomic E-state index is 14.1. The SMILES string of the molecule is CCCOc1ccc(-c2nc(NC(=O)c3cnc(N4CCC(C(=O)O)CC4)cn3)sc2CN2CCCC[C@H]2C)cc1C(F)(F)F. The molecule has 0 bridgehead atoms. The molecule has 1 atom stereocenters. The molecule has 5 rings (SSSR count). The van der Waals surface area contributed by atoms with Crippen LogP contribution in [-0.4, -0.2) is 69.1 Å². The number of aromatic nitrogens is 3. The van der Waals surface area contributed by atoms with Crippen molar-refractivity contribution >= 4 is 34.2 Å². The van der Waals surface area contributed by atoms with E-state index in [0.29, 0.717) is 62.0 Å². The Balaban J connectivity index is 1.38. The van der Waals surface area contributed by atoms with E-state index in [-0.39, 0.29) is 29.1 Å². The summed E-state index contributed by atoms with van der Waals surface area (Å²) in [5.41, 5.74) is -0.143. The summed E-state index contributed by atoms with van der Waals surface area (Å²) >= 11 is 1.23. The first-order chi connectivity index (χ1) is 21.5. The van der Waals surface area contributed by atoms with E-state index in [2.05, 4.69) is 32.1 Å². The van der Waals surface area contributed by atoms with Crippen molar-refractivity contribution in [2.45, 2.75) is 71.1 Å². The van der Waals surface area contributed by atoms with E-state index in [0.717, 1.165) is 36.8 Å². The van der Waals surface area contributed by atoms with E-state index in [9.17, 15) is 27.9 Å². The summed E-state index contributed by atoms with van der Waals surface area (Å²) in [5, 5.41) is 12.2. The number of nitrogens with zero attached hydrogens (tertiary/aromatic N) is 5. The number of hydrogen-bond donors (Lipinski definition) is 2. The van der Waals surface area contributed by atoms with Crippen molar-refractivity contribution in [3.8, 4) is 17.0 Å². The second-order valence-electron chi connectivity index (χ2n) is 11.5. The third-order valence-electron chi connectivity index (χ3n) is 8.26. The Morgan fingerprint density at radius 2 is 1.89 bits per heavy atom. The van der Waals surface area contributed by atoms with Gasteiger partial charge in [0.2, 0.25) is 0 Å². The molecule has 2 N–H and O–H groups in total. The average Bonchev–Trinajstić information content (AvgIpc) is 3.42. The van der Waals surface area contributed by atoms with Gasteiger partial charge in [0.1, 0.15) is 17.3 Å². The standard InChI is InChI=1S/C31H37F3N6O4S/c1-3-14-44-24-8-7-21(15-22(24)31(32,33)34)27-25(18-40-11-5-4-6-19(40)2)45-30(37-27)38-28(41)23-16-36-26(17-35-23)39-12-9-20(10-13-39)29(42)43/h7-8,15-17,19-20H,3-6,9-14,18H2,1-2H3,(H,42,43)(H,37,38,41)/t19-/m1/s1. The molecule has 2 fully saturated rings. The highest BCUT2D eigenvalue weighted by Crippen LogP contribution is 2.41. The van der Waals surface area contributed by atoms with Crippen molar-refractivity contribution in [2.75, 3.05) is 36.5 Å². The number of anilines is 2. The van der Waals surface area contributed by atoms with Crippen LogP contribution in [-0.2, 0) is 17.5 Å². The van der Waals surface area contributed by atoms with Gasteiger partial charge in [-0.2, -0.15) is 13.2 Å². The van der Waals surface area contributed by atoms with Crippen LogP contribution in [0.1, 0.15) is 73.3 Å². The maximum atomic E-state index is 14.1. The highest BCUT2D eigenvalue weighted by atomic mass is 32.1. The maximum Gasteiger partial charge on any atom is 0.419 e. The van der Waals surface area contributed by atoms with Crippen molar-refractivity contribution in [2.24, 2.45) is 5.92 Å². The van der Waals surface area contributed by atoms with Crippen molar-refractivity contribution in [1.29, 1.82) is 0 Å². The fourth-order valence-electron chi connectivity index (χ4n) is 5.67. The lowest BCUT2D eigenvalue weighted by Crippen LogP contribution is -2.36. The molecule has 2 aliphatic heterocycles. The summed E-state index contributed by atoms with van der Waals surface area (Å²) in [7, 11) is 0. The van der Waals surface area contributed by atoms with Gasteiger partial charge in [0.15, 0.2) is 5.13 Å². The molecule has 4 heterocycles. The first kappa shape index (κ1) is 32.6. The number of likely N-dealkylation sites (tertiary alicyclic amines) is 1. The third-order valence-corrected chi connectivity index (χ3v) is 9.22. The minimum Gasteiger partial charge on any atom is -0.493 e. The zero-order valence-electron chi connectivity index (χ0n) is 25.3. The van der Waals surface area contributed by atoms with Crippen molar-refractivity contribution in [3.63, 3.8) is 0 Å². The predicted molar refractivity (Wildman–Crippen MR) is 165 cm³/mol. The van der Waals surface area contributed by atoms with Crippen molar-refractivity contribution in [1.82, 2.24) is 19.9 Å². The van der Waals surface area contributed by atoms with Gasteiger partial charge in [-0.3, -0.25) is 19.8 Å². The molecule has 1 amide bonds. The normalized spacial score (nSPS) is 18.2. The molecule has 45 heavy (non-hydrogen) atoms. The van der Waals surface area contributed by atoms with Gasteiger partial charge in [-0.1, -0.05) is 24.7 Å². The summed E-state index contributed by atoms with van der Waals surface area (Å²) in [6.45, 7) is 6.55. The molecule has 2 aliphatic rings. The lowest BCUT2D eigenvalue weighted by Gasteiger charge is -2.33. The Morgan fingerprint density at radius 3 is 2.53 bits per heavy atom. The second kappa shape index (κ2) is 14.1. The number of aliphatic carboxylic acids is 1. The van der Waals surface area contributed by atoms with Gasteiger partial charge >= 0.3 is 12.1 Å². The summed E-state index contributed by atoms with van der Waals surface area (Å²) in [6, 6.07) is 4.29. The van der Waals surface area contributed by atoms with Crippen molar-refractivity contribution in [3.05, 3.63) is 46.7 Å². The van der Waals surface area contributed by atoms with Gasteiger partial charge in [-0.25, -0.2) is 15.0 Å². The van der Waals surface area contributed by atoms with Crippen LogP contribution in [0.2, 0.25) is 0 Å². The van der Waals surface area contributed by atoms with E-state index in [1.54, 1.807) is 6.07 Å². The third kappa shape index (κ3) is 7.90. The number of halogens is 3. The fraction of sp³-hybridized carbons (Fsp3) is 0.516. The van der Waals surface area contributed by atoms with Crippen LogP contribution in [0.25, 0.3) is 11.3 Å². The molecular formula is C31H37F3N6O4S. The Hall–Kier alpha value is -3.78. The quantitative estimate of drug-likeness (QED) is 0.260. The molecule has 10 nitrogen and oxygen atoms in total. The minimum atomic E-state index is -4.62. The molecule has 0 saturated carbocycles. The predicted octanol–water partition coefficient (Wildman–Crippen LogP) is 6.34. The molecule has 0 aliphatic carbocycles. The number of carbonyl (C=O) groups is 2. The monoisotopic (exact) mass is 646 g/mol. The van der Waals surface area contributed by atoms with Crippen LogP contribution in [0, 0.1) is 5.92 Å². The van der Waals surface area contributed by atoms with Gasteiger partial charge < -0.3 is 14.7 Å². The molecule has 14 heteroatoms. The first-order valence-corrected chi connectivity index (χ1v) is 16.0. The zero-order chi connectivity index (χ0) is 32.1. The number of carboxylic acids is 1. The second-order valence-corrected chi connectivity index (χ2v) is 12.6. The molecule has 2 aromatic heterocycles. The van der Waals surface area contributed by atoms with E-state index in [1.165, 1.54) is 29.8 Å². The van der Waals surface area contributed by atoms with Crippen LogP contribution < -0.4 is 15.0 Å². The van der Waals surface area contributed by atoms with Crippen LogP contribution in [0.15, 0.2) is 30.6 Å². The summed E-state index contributed by atoms with van der Waals surface area (Å²) in [6.07, 6.45) is 2.99. The van der Waals surface area contributed by atoms with E-state index >= 15 is 0 Å². The van der Waals surface area contributed by atoms with Crippen LogP contribution in [0.4, 0.5) is 24.1 Å². The number of carboxylic acid groups (broad SMARTS) is 1. The van der Waals surface area contributed by atoms with Crippen LogP contribution >= 0.6 is 11.3 Å². The Bertz CT molecular complexity index is 1490. The Morgan fingerprint density at radius 1 is 1.11 bits per heavy atom. The van der Waals surface area contributed by atoms with Gasteiger partial charge in [0, 0.05) is 36.1 Å². The number of nitrogens with one attached hydrogen (secondary N) is 1. The number of piperidine rings is 2. The topological polar surface area (TPSA) is 121 Å². The molecule has 0 spiro atoms. The van der Waals surface area contributed by atoms with Gasteiger partial charge in [-0.15, -0.1) is 0 Å². The largest absolute Gasteiger partial charge is 0.493 e. The highest BCUT2D eigenvalue weighted by Gasteiger charge is 2.35. The van der Waals surface area contributed by atoms with Gasteiger partial charge in [0.25, 0.3) is 5.91 Å². The smallest absolute Gasteiger partial charge is 0.419 e. The Labute approximate surface area is 263 Å². The first-order valence-electron chi connectivity index (χ1n) is 15.2. The van der Waals surface area contributed by atoms with Gasteiger partial charge in [0.05, 0.1) is 36.2 Å². The number of benzene rings is 1. The van der Waals surface area contributed by atoms with Crippen LogP contribution in [0.3, 0.4) is 0 Å². The lowest BCUT2D eigenvalue weighted by atomic mass is 9.97. The summed E-state index contributed by atoms with van der Waals surface area (Å²) in [4.78, 5) is 42.6. The summed E-state index contributed by atoms with van der Waals surface area (Å²) in [5.74, 6) is -1.40. The molecular weight excluding hydrogens is 609 g/mol. The van der Waals surface area contributed by atoms with Crippen LogP contribution in [0.5, 0.6) is 5.75 Å². The Kier molecular flexibility index (Phi) is 10.2. The molecule has 2 saturated heterocycles. The zero-order valence-corrected chi connectivity index (χ0v) is 26.1. The number of amides is 1. The number of carbonyl (C=O) groups excluding carboxylic acids is 1. The molecule has 0 radical (unpaired) electrons. The molecule has 1 aromatic carbocycles. The molecule has 0 unspecified atom stereocenters. The minimum absolute atomic E-state index is 0.0545. The number of thiazole rings is 1.